The molecule has 5 heteroatoms. The van der Waals surface area contributed by atoms with Crippen molar-refractivity contribution in [2.24, 2.45) is 0 Å². The zero-order chi connectivity index (χ0) is 25.8. The molecule has 2 aromatic heterocycles. The van der Waals surface area contributed by atoms with Gasteiger partial charge in [-0.15, -0.1) is 22.7 Å². The zero-order valence-corrected chi connectivity index (χ0v) is 22.5. The molecule has 0 N–H and O–H groups in total. The van der Waals surface area contributed by atoms with Crippen LogP contribution < -0.4 is 0 Å². The van der Waals surface area contributed by atoms with Gasteiger partial charge >= 0.3 is 0 Å². The van der Waals surface area contributed by atoms with Crippen LogP contribution in [-0.4, -0.2) is 15.8 Å². The van der Waals surface area contributed by atoms with E-state index in [9.17, 15) is 4.79 Å². The number of ketones is 1. The van der Waals surface area contributed by atoms with E-state index in [-0.39, 0.29) is 5.78 Å². The number of hydrogen-bond donors (Lipinski definition) is 0. The third-order valence-electron chi connectivity index (χ3n) is 6.99. The maximum atomic E-state index is 14.2. The number of Topliss-reactive ketones (excluding diaryl/α,β-unsaturated/α-hetero) is 1. The van der Waals surface area contributed by atoms with Crippen molar-refractivity contribution in [1.29, 1.82) is 0 Å². The minimum atomic E-state index is 0.0161. The Hall–Kier alpha value is -4.19. The summed E-state index contributed by atoms with van der Waals surface area (Å²) < 4.78 is 0. The summed E-state index contributed by atoms with van der Waals surface area (Å²) in [5.74, 6) is 0.0161. The van der Waals surface area contributed by atoms with Crippen LogP contribution in [0.15, 0.2) is 97.1 Å². The van der Waals surface area contributed by atoms with Crippen LogP contribution in [0.25, 0.3) is 43.1 Å². The molecule has 7 rings (SSSR count). The third kappa shape index (κ3) is 3.66. The largest absolute Gasteiger partial charge is 0.288 e. The highest BCUT2D eigenvalue weighted by Crippen LogP contribution is 2.47. The number of hydrogen-bond acceptors (Lipinski definition) is 5. The number of nitrogens with zero attached hydrogens (tertiary/aromatic N) is 2. The summed E-state index contributed by atoms with van der Waals surface area (Å²) in [6, 6.07) is 32.8. The fourth-order valence-corrected chi connectivity index (χ4v) is 7.01. The van der Waals surface area contributed by atoms with Gasteiger partial charge in [-0.1, -0.05) is 84.9 Å². The molecule has 0 amide bonds. The average molecular weight is 527 g/mol. The van der Waals surface area contributed by atoms with Gasteiger partial charge in [0.05, 0.1) is 17.0 Å². The van der Waals surface area contributed by atoms with Crippen molar-refractivity contribution in [3.8, 4) is 21.1 Å². The van der Waals surface area contributed by atoms with Crippen molar-refractivity contribution < 1.29 is 4.79 Å². The summed E-state index contributed by atoms with van der Waals surface area (Å²) in [7, 11) is 0. The first-order chi connectivity index (χ1) is 18.6. The van der Waals surface area contributed by atoms with Crippen LogP contribution in [0, 0.1) is 13.8 Å². The number of carbonyl (C=O) groups excluding carboxylic acids is 1. The number of rotatable bonds is 4. The summed E-state index contributed by atoms with van der Waals surface area (Å²) >= 11 is 3.29. The molecule has 1 aliphatic carbocycles. The molecule has 0 saturated carbocycles. The summed E-state index contributed by atoms with van der Waals surface area (Å²) in [5, 5.41) is 4.03. The monoisotopic (exact) mass is 526 g/mol. The first-order valence-corrected chi connectivity index (χ1v) is 14.1. The van der Waals surface area contributed by atoms with E-state index in [1.807, 2.05) is 54.6 Å². The quantitative estimate of drug-likeness (QED) is 0.230. The van der Waals surface area contributed by atoms with Crippen LogP contribution >= 0.6 is 22.7 Å². The van der Waals surface area contributed by atoms with Crippen LogP contribution in [0.5, 0.6) is 0 Å². The molecule has 182 valence electrons. The Morgan fingerprint density at radius 2 is 1.00 bits per heavy atom. The Bertz CT molecular complexity index is 1900. The molecule has 1 aliphatic rings. The highest BCUT2D eigenvalue weighted by atomic mass is 32.1. The Labute approximate surface area is 228 Å². The summed E-state index contributed by atoms with van der Waals surface area (Å²) in [4.78, 5) is 26.5. The second-order valence-electron chi connectivity index (χ2n) is 9.40. The number of benzene rings is 4. The molecular weight excluding hydrogens is 505 g/mol. The van der Waals surface area contributed by atoms with Crippen LogP contribution in [0.3, 0.4) is 0 Å². The molecule has 3 nitrogen and oxygen atoms in total. The van der Waals surface area contributed by atoms with Gasteiger partial charge in [0.25, 0.3) is 0 Å². The average Bonchev–Trinajstić information content (AvgIpc) is 3.61. The summed E-state index contributed by atoms with van der Waals surface area (Å²) in [6.07, 6.45) is 0. The predicted molar refractivity (Wildman–Crippen MR) is 159 cm³/mol. The smallest absolute Gasteiger partial charge is 0.196 e. The molecule has 4 aromatic carbocycles. The molecule has 38 heavy (non-hydrogen) atoms. The van der Waals surface area contributed by atoms with Gasteiger partial charge in [-0.25, -0.2) is 9.97 Å². The standard InChI is InChI=1S/C33H22N2OS2/c1-19-29(34-32(37-19)21-11-5-3-6-12-21)27-25-17-23-15-9-10-16-24(23)18-26(25)31(36)28(27)30-20(2)38-33(35-30)22-13-7-4-8-14-22/h3-18H,1-2H3. The number of carbonyl (C=O) groups is 1. The van der Waals surface area contributed by atoms with Gasteiger partial charge < -0.3 is 0 Å². The van der Waals surface area contributed by atoms with Gasteiger partial charge in [-0.3, -0.25) is 4.79 Å². The Kier molecular flexibility index (Phi) is 5.43. The normalized spacial score (nSPS) is 12.9. The molecule has 0 aliphatic heterocycles. The summed E-state index contributed by atoms with van der Waals surface area (Å²) in [6.45, 7) is 4.15. The number of aromatic nitrogens is 2. The second-order valence-corrected chi connectivity index (χ2v) is 11.8. The fraction of sp³-hybridized carbons (Fsp3) is 0.0606. The van der Waals surface area contributed by atoms with Gasteiger partial charge in [-0.2, -0.15) is 0 Å². The highest BCUT2D eigenvalue weighted by Gasteiger charge is 2.36. The lowest BCUT2D eigenvalue weighted by Crippen LogP contribution is -2.00. The van der Waals surface area contributed by atoms with E-state index in [1.54, 1.807) is 22.7 Å². The fourth-order valence-electron chi connectivity index (χ4n) is 5.15. The Morgan fingerprint density at radius 3 is 1.53 bits per heavy atom. The zero-order valence-electron chi connectivity index (χ0n) is 20.9. The molecule has 0 radical (unpaired) electrons. The molecule has 0 spiro atoms. The van der Waals surface area contributed by atoms with E-state index < -0.39 is 0 Å². The SMILES string of the molecule is Cc1sc(-c2ccccc2)nc1C1=C(c2nc(-c3ccccc3)sc2C)c2cc3ccccc3cc2C1=O. The lowest BCUT2D eigenvalue weighted by atomic mass is 9.97. The van der Waals surface area contributed by atoms with E-state index in [0.717, 1.165) is 69.8 Å². The number of thiazole rings is 2. The van der Waals surface area contributed by atoms with Gasteiger partial charge in [-0.05, 0) is 42.3 Å². The van der Waals surface area contributed by atoms with Gasteiger partial charge in [0.15, 0.2) is 5.78 Å². The number of aryl methyl sites for hydroxylation is 2. The molecule has 0 fully saturated rings. The van der Waals surface area contributed by atoms with Crippen LogP contribution in [-0.2, 0) is 0 Å². The van der Waals surface area contributed by atoms with Crippen molar-refractivity contribution in [1.82, 2.24) is 9.97 Å². The lowest BCUT2D eigenvalue weighted by Gasteiger charge is -2.07. The molecule has 0 unspecified atom stereocenters. The van der Waals surface area contributed by atoms with Crippen LogP contribution in [0.1, 0.15) is 37.1 Å². The van der Waals surface area contributed by atoms with Crippen LogP contribution in [0.2, 0.25) is 0 Å². The van der Waals surface area contributed by atoms with E-state index in [1.165, 1.54) is 0 Å². The first-order valence-electron chi connectivity index (χ1n) is 12.5. The van der Waals surface area contributed by atoms with Crippen molar-refractivity contribution >= 4 is 50.4 Å². The molecule has 0 saturated heterocycles. The van der Waals surface area contributed by atoms with Gasteiger partial charge in [0, 0.05) is 32.0 Å². The number of fused-ring (bicyclic) bond motifs is 2. The minimum Gasteiger partial charge on any atom is -0.288 e. The molecule has 0 atom stereocenters. The Balaban J connectivity index is 1.50. The molecular formula is C33H22N2OS2. The third-order valence-corrected chi connectivity index (χ3v) is 9.02. The van der Waals surface area contributed by atoms with Crippen molar-refractivity contribution in [2.45, 2.75) is 13.8 Å². The highest BCUT2D eigenvalue weighted by molar-refractivity contribution is 7.15. The topological polar surface area (TPSA) is 42.9 Å². The van der Waals surface area contributed by atoms with Gasteiger partial charge in [0.2, 0.25) is 0 Å². The molecule has 0 bridgehead atoms. The van der Waals surface area contributed by atoms with Crippen LogP contribution in [0.4, 0.5) is 0 Å². The minimum absolute atomic E-state index is 0.0161. The lowest BCUT2D eigenvalue weighted by molar-refractivity contribution is 0.105. The van der Waals surface area contributed by atoms with Crippen molar-refractivity contribution in [3.05, 3.63) is 129 Å². The predicted octanol–water partition coefficient (Wildman–Crippen LogP) is 8.86. The first kappa shape index (κ1) is 23.0. The maximum absolute atomic E-state index is 14.2. The molecule has 6 aromatic rings. The van der Waals surface area contributed by atoms with E-state index >= 15 is 0 Å². The van der Waals surface area contributed by atoms with E-state index in [2.05, 4.69) is 56.3 Å². The summed E-state index contributed by atoms with van der Waals surface area (Å²) in [5.41, 5.74) is 6.94. The maximum Gasteiger partial charge on any atom is 0.196 e. The van der Waals surface area contributed by atoms with E-state index in [0.29, 0.717) is 5.57 Å². The van der Waals surface area contributed by atoms with Crippen molar-refractivity contribution in [2.75, 3.05) is 0 Å². The Morgan fingerprint density at radius 1 is 0.553 bits per heavy atom. The van der Waals surface area contributed by atoms with Gasteiger partial charge in [0.1, 0.15) is 10.0 Å². The number of allylic oxidation sites excluding steroid dienone is 1. The van der Waals surface area contributed by atoms with Crippen molar-refractivity contribution in [3.63, 3.8) is 0 Å². The second kappa shape index (κ2) is 8.98. The van der Waals surface area contributed by atoms with E-state index in [4.69, 9.17) is 9.97 Å². The molecule has 2 heterocycles.